The third kappa shape index (κ3) is 3.27. The molecule has 1 atom stereocenters. The minimum Gasteiger partial charge on any atom is -0.497 e. The van der Waals surface area contributed by atoms with Crippen LogP contribution >= 0.6 is 0 Å². The molecule has 0 radical (unpaired) electrons. The second kappa shape index (κ2) is 6.26. The Bertz CT molecular complexity index is 1030. The van der Waals surface area contributed by atoms with Crippen LogP contribution in [0.4, 0.5) is 0 Å². The van der Waals surface area contributed by atoms with Gasteiger partial charge in [0.15, 0.2) is 0 Å². The van der Waals surface area contributed by atoms with Gasteiger partial charge in [0, 0.05) is 11.3 Å². The molecular formula is C17H16O6S. The summed E-state index contributed by atoms with van der Waals surface area (Å²) in [7, 11) is -2.43. The highest BCUT2D eigenvalue weighted by Gasteiger charge is 2.22. The van der Waals surface area contributed by atoms with Gasteiger partial charge < -0.3 is 9.15 Å². The predicted octanol–water partition coefficient (Wildman–Crippen LogP) is 0.696. The Morgan fingerprint density at radius 2 is 1.92 bits per heavy atom. The van der Waals surface area contributed by atoms with E-state index in [2.05, 4.69) is 0 Å². The van der Waals surface area contributed by atoms with Crippen molar-refractivity contribution in [1.29, 1.82) is 0 Å². The summed E-state index contributed by atoms with van der Waals surface area (Å²) in [6.07, 6.45) is 2.97. The molecule has 0 saturated heterocycles. The molecule has 0 fully saturated rings. The van der Waals surface area contributed by atoms with Gasteiger partial charge in [-0.25, -0.2) is 4.79 Å². The van der Waals surface area contributed by atoms with Gasteiger partial charge in [0.1, 0.15) is 17.3 Å². The molecular weight excluding hydrogens is 332 g/mol. The Kier molecular flexibility index (Phi) is 4.29. The van der Waals surface area contributed by atoms with E-state index in [9.17, 15) is 13.2 Å². The molecule has 1 aliphatic rings. The van der Waals surface area contributed by atoms with Crippen LogP contribution in [-0.2, 0) is 14.3 Å². The quantitative estimate of drug-likeness (QED) is 0.756. The molecule has 126 valence electrons. The van der Waals surface area contributed by atoms with E-state index in [1.54, 1.807) is 19.1 Å². The number of rotatable bonds is 4. The van der Waals surface area contributed by atoms with Crippen LogP contribution in [0.1, 0.15) is 12.0 Å². The zero-order valence-corrected chi connectivity index (χ0v) is 14.0. The smallest absolute Gasteiger partial charge is 0.336 e. The molecule has 0 bridgehead atoms. The van der Waals surface area contributed by atoms with E-state index in [1.165, 1.54) is 31.4 Å². The number of benzene rings is 1. The Morgan fingerprint density at radius 1 is 1.21 bits per heavy atom. The van der Waals surface area contributed by atoms with Crippen LogP contribution in [-0.4, -0.2) is 21.6 Å². The Hall–Kier alpha value is -2.38. The largest absolute Gasteiger partial charge is 0.497 e. The lowest BCUT2D eigenvalue weighted by atomic mass is 10.1. The van der Waals surface area contributed by atoms with E-state index < -0.39 is 21.8 Å². The molecule has 0 amide bonds. The van der Waals surface area contributed by atoms with E-state index in [0.29, 0.717) is 17.6 Å². The van der Waals surface area contributed by atoms with Gasteiger partial charge in [0.25, 0.3) is 10.1 Å². The predicted molar refractivity (Wildman–Crippen MR) is 87.6 cm³/mol. The normalized spacial score (nSPS) is 16.7. The molecule has 1 heterocycles. The number of hydrogen-bond acceptors (Lipinski definition) is 6. The van der Waals surface area contributed by atoms with Gasteiger partial charge in [-0.05, 0) is 49.2 Å². The molecule has 0 spiro atoms. The third-order valence-electron chi connectivity index (χ3n) is 3.73. The van der Waals surface area contributed by atoms with Gasteiger partial charge in [0.05, 0.1) is 12.0 Å². The molecule has 7 heteroatoms. The van der Waals surface area contributed by atoms with E-state index in [1.807, 2.05) is 6.08 Å². The van der Waals surface area contributed by atoms with Crippen LogP contribution < -0.4 is 21.0 Å². The standard InChI is InChI=1S/C17H16O6S/c1-11-9-17(18)22-16-10-13(5-8-15(11)16)23-24(19,20)14-6-3-12(21-2)4-7-14/h3-4,6-10,13H,5H2,1-2H3. The van der Waals surface area contributed by atoms with Crippen LogP contribution in [0.25, 0.3) is 12.2 Å². The first-order chi connectivity index (χ1) is 11.4. The number of ether oxygens (including phenoxy) is 1. The van der Waals surface area contributed by atoms with Crippen molar-refractivity contribution in [3.63, 3.8) is 0 Å². The molecule has 1 aliphatic carbocycles. The maximum atomic E-state index is 12.4. The Labute approximate surface area is 138 Å². The maximum Gasteiger partial charge on any atom is 0.336 e. The van der Waals surface area contributed by atoms with Gasteiger partial charge in [-0.1, -0.05) is 6.08 Å². The molecule has 24 heavy (non-hydrogen) atoms. The molecule has 1 unspecified atom stereocenters. The van der Waals surface area contributed by atoms with Gasteiger partial charge in [-0.3, -0.25) is 4.18 Å². The van der Waals surface area contributed by atoms with Crippen molar-refractivity contribution in [3.05, 3.63) is 56.9 Å². The lowest BCUT2D eigenvalue weighted by molar-refractivity contribution is 0.271. The summed E-state index contributed by atoms with van der Waals surface area (Å²) in [6, 6.07) is 7.33. The molecule has 3 rings (SSSR count). The maximum absolute atomic E-state index is 12.4. The summed E-state index contributed by atoms with van der Waals surface area (Å²) in [5, 5.41) is 0.788. The lowest BCUT2D eigenvalue weighted by Gasteiger charge is -2.15. The minimum atomic E-state index is -3.93. The molecule has 2 aromatic rings. The number of aryl methyl sites for hydroxylation is 1. The van der Waals surface area contributed by atoms with Crippen LogP contribution in [0.3, 0.4) is 0 Å². The van der Waals surface area contributed by atoms with Crippen molar-refractivity contribution in [3.8, 4) is 5.75 Å². The molecule has 0 saturated carbocycles. The molecule has 6 nitrogen and oxygen atoms in total. The average Bonchev–Trinajstić information content (AvgIpc) is 2.54. The summed E-state index contributed by atoms with van der Waals surface area (Å²) in [4.78, 5) is 11.5. The van der Waals surface area contributed by atoms with Crippen molar-refractivity contribution in [2.24, 2.45) is 0 Å². The van der Waals surface area contributed by atoms with Crippen LogP contribution in [0.2, 0.25) is 0 Å². The van der Waals surface area contributed by atoms with Crippen LogP contribution in [0.5, 0.6) is 5.75 Å². The lowest BCUT2D eigenvalue weighted by Crippen LogP contribution is -2.36. The summed E-state index contributed by atoms with van der Waals surface area (Å²) < 4.78 is 40.1. The summed E-state index contributed by atoms with van der Waals surface area (Å²) >= 11 is 0. The van der Waals surface area contributed by atoms with Gasteiger partial charge in [-0.15, -0.1) is 0 Å². The first kappa shape index (κ1) is 16.5. The fourth-order valence-corrected chi connectivity index (χ4v) is 3.57. The minimum absolute atomic E-state index is 0.0354. The fourth-order valence-electron chi connectivity index (χ4n) is 2.53. The fraction of sp³-hybridized carbons (Fsp3) is 0.235. The Balaban J connectivity index is 1.90. The van der Waals surface area contributed by atoms with E-state index >= 15 is 0 Å². The van der Waals surface area contributed by atoms with Crippen molar-refractivity contribution >= 4 is 22.3 Å². The van der Waals surface area contributed by atoms with Crippen molar-refractivity contribution < 1.29 is 21.8 Å². The van der Waals surface area contributed by atoms with Gasteiger partial charge in [-0.2, -0.15) is 8.42 Å². The third-order valence-corrected chi connectivity index (χ3v) is 5.08. The first-order valence-electron chi connectivity index (χ1n) is 7.29. The van der Waals surface area contributed by atoms with E-state index in [-0.39, 0.29) is 4.90 Å². The monoisotopic (exact) mass is 348 g/mol. The number of methoxy groups -OCH3 is 1. The molecule has 1 aromatic carbocycles. The SMILES string of the molecule is COc1ccc(S(=O)(=O)OC2C=c3oc(=O)cc(C)c3=CC2)cc1. The van der Waals surface area contributed by atoms with Crippen molar-refractivity contribution in [2.75, 3.05) is 7.11 Å². The average molecular weight is 348 g/mol. The first-order valence-corrected chi connectivity index (χ1v) is 8.70. The second-order valence-corrected chi connectivity index (χ2v) is 6.97. The summed E-state index contributed by atoms with van der Waals surface area (Å²) in [5.74, 6) is 0.553. The summed E-state index contributed by atoms with van der Waals surface area (Å²) in [6.45, 7) is 1.80. The van der Waals surface area contributed by atoms with Crippen LogP contribution in [0, 0.1) is 6.92 Å². The molecule has 0 N–H and O–H groups in total. The highest BCUT2D eigenvalue weighted by atomic mass is 32.2. The highest BCUT2D eigenvalue weighted by molar-refractivity contribution is 7.86. The topological polar surface area (TPSA) is 82.8 Å². The summed E-state index contributed by atoms with van der Waals surface area (Å²) in [5.41, 5.74) is 0.643. The highest BCUT2D eigenvalue weighted by Crippen LogP contribution is 2.20. The zero-order valence-electron chi connectivity index (χ0n) is 13.2. The second-order valence-electron chi connectivity index (χ2n) is 5.40. The van der Waals surface area contributed by atoms with E-state index in [4.69, 9.17) is 13.3 Å². The van der Waals surface area contributed by atoms with Gasteiger partial charge in [0.2, 0.25) is 0 Å². The molecule has 0 aliphatic heterocycles. The van der Waals surface area contributed by atoms with Crippen LogP contribution in [0.15, 0.2) is 44.4 Å². The molecule has 1 aromatic heterocycles. The zero-order chi connectivity index (χ0) is 17.3. The van der Waals surface area contributed by atoms with Crippen molar-refractivity contribution in [1.82, 2.24) is 0 Å². The number of fused-ring (bicyclic) bond motifs is 1. The Morgan fingerprint density at radius 3 is 2.58 bits per heavy atom. The van der Waals surface area contributed by atoms with Gasteiger partial charge >= 0.3 is 5.63 Å². The van der Waals surface area contributed by atoms with E-state index in [0.717, 1.165) is 10.8 Å². The number of hydrogen-bond donors (Lipinski definition) is 0. The van der Waals surface area contributed by atoms with Crippen molar-refractivity contribution in [2.45, 2.75) is 24.3 Å².